The second kappa shape index (κ2) is 9.48. The van der Waals surface area contributed by atoms with Crippen LogP contribution in [0.15, 0.2) is 60.0 Å². The fraction of sp³-hybridized carbons (Fsp3) is 0.333. The smallest absolute Gasteiger partial charge is 0.278 e. The molecule has 5 rings (SSSR count). The number of anilines is 2. The average molecular weight is 534 g/mol. The zero-order valence-corrected chi connectivity index (χ0v) is 22.8. The Labute approximate surface area is 221 Å². The molecular weight excluding hydrogens is 502 g/mol. The number of hydrogen-bond acceptors (Lipinski definition) is 7. The van der Waals surface area contributed by atoms with Crippen LogP contribution in [0.5, 0.6) is 0 Å². The minimum atomic E-state index is -3.27. The molecular formula is C27H31N7O3S. The third-order valence-electron chi connectivity index (χ3n) is 6.61. The molecule has 0 bridgehead atoms. The van der Waals surface area contributed by atoms with Crippen molar-refractivity contribution in [3.63, 3.8) is 0 Å². The first kappa shape index (κ1) is 25.8. The van der Waals surface area contributed by atoms with E-state index in [1.807, 2.05) is 36.4 Å². The van der Waals surface area contributed by atoms with Crippen LogP contribution < -0.4 is 10.9 Å². The van der Waals surface area contributed by atoms with E-state index in [1.54, 1.807) is 15.4 Å². The number of nitrogens with zero attached hydrogens (tertiary/aromatic N) is 6. The SMILES string of the molecule is C=CCn1c(=O)c2cnc(Nc3ccc4c(c3)CN(S(C)(=O)=O)CC4)nc2n1-c1cccc(C(C)(C)C)n1. The number of hydrogen-bond donors (Lipinski definition) is 1. The van der Waals surface area contributed by atoms with Crippen molar-refractivity contribution >= 4 is 32.7 Å². The van der Waals surface area contributed by atoms with Crippen LogP contribution >= 0.6 is 0 Å². The number of sulfonamides is 1. The van der Waals surface area contributed by atoms with Crippen molar-refractivity contribution in [1.82, 2.24) is 28.6 Å². The summed E-state index contributed by atoms with van der Waals surface area (Å²) in [4.78, 5) is 27.2. The van der Waals surface area contributed by atoms with Gasteiger partial charge in [-0.3, -0.25) is 4.79 Å². The Morgan fingerprint density at radius 2 is 1.92 bits per heavy atom. The molecule has 3 aromatic heterocycles. The summed E-state index contributed by atoms with van der Waals surface area (Å²) in [6.45, 7) is 11.1. The fourth-order valence-electron chi connectivity index (χ4n) is 4.59. The van der Waals surface area contributed by atoms with E-state index in [-0.39, 0.29) is 17.5 Å². The van der Waals surface area contributed by atoms with Crippen LogP contribution in [0.3, 0.4) is 0 Å². The molecule has 0 saturated heterocycles. The summed E-state index contributed by atoms with van der Waals surface area (Å²) in [5.41, 5.74) is 3.68. The summed E-state index contributed by atoms with van der Waals surface area (Å²) in [5.74, 6) is 0.885. The molecule has 0 saturated carbocycles. The third-order valence-corrected chi connectivity index (χ3v) is 7.86. The molecule has 0 atom stereocenters. The molecule has 1 aliphatic rings. The summed E-state index contributed by atoms with van der Waals surface area (Å²) in [6, 6.07) is 11.6. The van der Waals surface area contributed by atoms with Crippen molar-refractivity contribution in [2.75, 3.05) is 18.1 Å². The number of allylic oxidation sites excluding steroid dienone is 1. The molecule has 0 spiro atoms. The molecule has 0 unspecified atom stereocenters. The number of fused-ring (bicyclic) bond motifs is 2. The second-order valence-electron chi connectivity index (χ2n) is 10.5. The van der Waals surface area contributed by atoms with Gasteiger partial charge in [0.05, 0.1) is 12.8 Å². The van der Waals surface area contributed by atoms with E-state index in [0.717, 1.165) is 22.5 Å². The largest absolute Gasteiger partial charge is 0.324 e. The van der Waals surface area contributed by atoms with Crippen LogP contribution in [0.25, 0.3) is 16.9 Å². The molecule has 10 nitrogen and oxygen atoms in total. The lowest BCUT2D eigenvalue weighted by atomic mass is 9.92. The highest BCUT2D eigenvalue weighted by Crippen LogP contribution is 2.26. The molecule has 1 aliphatic heterocycles. The van der Waals surface area contributed by atoms with Gasteiger partial charge in [-0.15, -0.1) is 6.58 Å². The zero-order valence-electron chi connectivity index (χ0n) is 22.0. The molecule has 0 fully saturated rings. The van der Waals surface area contributed by atoms with Crippen molar-refractivity contribution in [3.05, 3.63) is 82.4 Å². The van der Waals surface area contributed by atoms with Crippen molar-refractivity contribution in [2.45, 2.75) is 45.7 Å². The van der Waals surface area contributed by atoms with E-state index in [1.165, 1.54) is 16.8 Å². The maximum atomic E-state index is 13.2. The lowest BCUT2D eigenvalue weighted by Crippen LogP contribution is -2.35. The first-order valence-electron chi connectivity index (χ1n) is 12.4. The molecule has 4 heterocycles. The summed E-state index contributed by atoms with van der Waals surface area (Å²) in [5, 5.41) is 3.59. The number of nitrogens with one attached hydrogen (secondary N) is 1. The summed E-state index contributed by atoms with van der Waals surface area (Å²) in [7, 11) is -3.27. The monoisotopic (exact) mass is 533 g/mol. The average Bonchev–Trinajstić information content (AvgIpc) is 3.13. The van der Waals surface area contributed by atoms with Crippen LogP contribution in [0.4, 0.5) is 11.6 Å². The fourth-order valence-corrected chi connectivity index (χ4v) is 5.39. The number of aromatic nitrogens is 5. The van der Waals surface area contributed by atoms with Crippen LogP contribution in [0, 0.1) is 0 Å². The van der Waals surface area contributed by atoms with Crippen LogP contribution in [0.2, 0.25) is 0 Å². The normalized spacial score (nSPS) is 14.4. The summed E-state index contributed by atoms with van der Waals surface area (Å²) < 4.78 is 28.8. The van der Waals surface area contributed by atoms with Crippen molar-refractivity contribution < 1.29 is 8.42 Å². The van der Waals surface area contributed by atoms with Gasteiger partial charge in [0.15, 0.2) is 11.5 Å². The van der Waals surface area contributed by atoms with E-state index in [4.69, 9.17) is 9.97 Å². The Hall–Kier alpha value is -3.83. The standard InChI is InChI=1S/C27H31N7O3S/c1-6-13-33-25(35)21-16-28-26(31-24(21)34(33)23-9-7-8-22(30-23)27(2,3)4)29-20-11-10-18-12-14-32(38(5,36)37)17-19(18)15-20/h6-11,15-16H,1,12-14,17H2,2-5H3,(H,28,29,31). The molecule has 0 radical (unpaired) electrons. The van der Waals surface area contributed by atoms with E-state index in [2.05, 4.69) is 37.7 Å². The Morgan fingerprint density at radius 1 is 1.13 bits per heavy atom. The maximum absolute atomic E-state index is 13.2. The molecule has 11 heteroatoms. The topological polar surface area (TPSA) is 115 Å². The minimum absolute atomic E-state index is 0.177. The van der Waals surface area contributed by atoms with Gasteiger partial charge in [-0.05, 0) is 41.8 Å². The van der Waals surface area contributed by atoms with E-state index < -0.39 is 10.0 Å². The molecule has 38 heavy (non-hydrogen) atoms. The third kappa shape index (κ3) is 4.86. The van der Waals surface area contributed by atoms with Gasteiger partial charge >= 0.3 is 0 Å². The molecule has 1 N–H and O–H groups in total. The van der Waals surface area contributed by atoms with E-state index >= 15 is 0 Å². The van der Waals surface area contributed by atoms with Gasteiger partial charge in [0.2, 0.25) is 16.0 Å². The maximum Gasteiger partial charge on any atom is 0.278 e. The quantitative estimate of drug-likeness (QED) is 0.377. The summed E-state index contributed by atoms with van der Waals surface area (Å²) >= 11 is 0. The lowest BCUT2D eigenvalue weighted by Gasteiger charge is -2.27. The Bertz CT molecular complexity index is 1720. The van der Waals surface area contributed by atoms with E-state index in [0.29, 0.717) is 42.3 Å². The van der Waals surface area contributed by atoms with Gasteiger partial charge in [0.25, 0.3) is 5.56 Å². The van der Waals surface area contributed by atoms with Gasteiger partial charge < -0.3 is 5.32 Å². The Kier molecular flexibility index (Phi) is 6.44. The first-order valence-corrected chi connectivity index (χ1v) is 14.2. The van der Waals surface area contributed by atoms with Gasteiger partial charge in [-0.2, -0.15) is 9.29 Å². The lowest BCUT2D eigenvalue weighted by molar-refractivity contribution is 0.395. The van der Waals surface area contributed by atoms with Gasteiger partial charge in [0, 0.05) is 36.1 Å². The number of benzene rings is 1. The highest BCUT2D eigenvalue weighted by molar-refractivity contribution is 7.88. The number of pyridine rings is 1. The van der Waals surface area contributed by atoms with E-state index in [9.17, 15) is 13.2 Å². The highest BCUT2D eigenvalue weighted by atomic mass is 32.2. The van der Waals surface area contributed by atoms with Gasteiger partial charge in [-0.1, -0.05) is 39.0 Å². The highest BCUT2D eigenvalue weighted by Gasteiger charge is 2.24. The zero-order chi connectivity index (χ0) is 27.2. The predicted octanol–water partition coefficient (Wildman–Crippen LogP) is 3.52. The Morgan fingerprint density at radius 3 is 2.63 bits per heavy atom. The number of rotatable bonds is 6. The van der Waals surface area contributed by atoms with Gasteiger partial charge in [-0.25, -0.2) is 27.7 Å². The van der Waals surface area contributed by atoms with Crippen LogP contribution in [-0.2, 0) is 34.9 Å². The van der Waals surface area contributed by atoms with Crippen molar-refractivity contribution in [1.29, 1.82) is 0 Å². The molecule has 4 aromatic rings. The van der Waals surface area contributed by atoms with Crippen LogP contribution in [-0.4, -0.2) is 49.8 Å². The van der Waals surface area contributed by atoms with Crippen molar-refractivity contribution in [2.24, 2.45) is 0 Å². The molecule has 0 aliphatic carbocycles. The van der Waals surface area contributed by atoms with Crippen LogP contribution in [0.1, 0.15) is 37.6 Å². The molecule has 198 valence electrons. The summed E-state index contributed by atoms with van der Waals surface area (Å²) in [6.07, 6.45) is 5.06. The Balaban J connectivity index is 1.57. The predicted molar refractivity (Wildman–Crippen MR) is 148 cm³/mol. The first-order chi connectivity index (χ1) is 18.0. The van der Waals surface area contributed by atoms with Crippen molar-refractivity contribution in [3.8, 4) is 5.82 Å². The second-order valence-corrected chi connectivity index (χ2v) is 12.5. The van der Waals surface area contributed by atoms with Gasteiger partial charge in [0.1, 0.15) is 5.39 Å². The minimum Gasteiger partial charge on any atom is -0.324 e. The molecule has 1 aromatic carbocycles. The molecule has 0 amide bonds.